The van der Waals surface area contributed by atoms with Crippen molar-refractivity contribution >= 4 is 6.03 Å². The van der Waals surface area contributed by atoms with Crippen molar-refractivity contribution in [1.29, 1.82) is 0 Å². The first kappa shape index (κ1) is 13.1. The Morgan fingerprint density at radius 1 is 1.05 bits per heavy atom. The summed E-state index contributed by atoms with van der Waals surface area (Å²) in [4.78, 5) is 15.7. The van der Waals surface area contributed by atoms with Crippen molar-refractivity contribution in [2.45, 2.75) is 20.0 Å². The van der Waals surface area contributed by atoms with E-state index >= 15 is 0 Å². The summed E-state index contributed by atoms with van der Waals surface area (Å²) in [5.74, 6) is 0. The first-order valence-corrected chi connectivity index (χ1v) is 6.21. The summed E-state index contributed by atoms with van der Waals surface area (Å²) in [6.07, 6.45) is 1.71. The number of nitrogens with one attached hydrogen (secondary N) is 2. The topological polar surface area (TPSA) is 54.0 Å². The highest BCUT2D eigenvalue weighted by Crippen LogP contribution is 2.02. The Balaban J connectivity index is 1.74. The lowest BCUT2D eigenvalue weighted by molar-refractivity contribution is 0.240. The van der Waals surface area contributed by atoms with E-state index in [0.29, 0.717) is 13.1 Å². The Hall–Kier alpha value is -2.36. The molecule has 0 atom stereocenters. The number of amides is 2. The van der Waals surface area contributed by atoms with E-state index in [1.54, 1.807) is 6.20 Å². The maximum Gasteiger partial charge on any atom is 0.315 e. The number of carbonyl (C=O) groups is 1. The van der Waals surface area contributed by atoms with Gasteiger partial charge in [0.2, 0.25) is 0 Å². The van der Waals surface area contributed by atoms with Crippen molar-refractivity contribution < 1.29 is 4.79 Å². The molecule has 2 aromatic rings. The summed E-state index contributed by atoms with van der Waals surface area (Å²) in [6.45, 7) is 2.99. The first-order chi connectivity index (χ1) is 9.24. The highest BCUT2D eigenvalue weighted by atomic mass is 16.2. The molecule has 1 heterocycles. The molecule has 0 radical (unpaired) electrons. The minimum absolute atomic E-state index is 0.189. The Bertz CT molecular complexity index is 523. The van der Waals surface area contributed by atoms with Crippen LogP contribution in [0.15, 0.2) is 48.7 Å². The van der Waals surface area contributed by atoms with E-state index in [1.165, 1.54) is 5.56 Å². The molecule has 0 spiro atoms. The van der Waals surface area contributed by atoms with E-state index in [1.807, 2.05) is 49.4 Å². The molecular weight excluding hydrogens is 238 g/mol. The van der Waals surface area contributed by atoms with Gasteiger partial charge in [-0.25, -0.2) is 4.79 Å². The molecule has 1 aromatic heterocycles. The van der Waals surface area contributed by atoms with Crippen LogP contribution in [0.2, 0.25) is 0 Å². The highest BCUT2D eigenvalue weighted by molar-refractivity contribution is 5.73. The molecule has 98 valence electrons. The molecule has 0 aliphatic rings. The van der Waals surface area contributed by atoms with Crippen molar-refractivity contribution in [1.82, 2.24) is 15.6 Å². The molecule has 0 bridgehead atoms. The van der Waals surface area contributed by atoms with Crippen molar-refractivity contribution in [3.8, 4) is 0 Å². The average molecular weight is 255 g/mol. The fourth-order valence-corrected chi connectivity index (χ4v) is 1.62. The van der Waals surface area contributed by atoms with Crippen LogP contribution in [0.4, 0.5) is 4.79 Å². The van der Waals surface area contributed by atoms with Crippen LogP contribution >= 0.6 is 0 Å². The lowest BCUT2D eigenvalue weighted by Gasteiger charge is -2.07. The number of hydrogen-bond donors (Lipinski definition) is 2. The molecule has 19 heavy (non-hydrogen) atoms. The summed E-state index contributed by atoms with van der Waals surface area (Å²) in [5.41, 5.74) is 3.13. The van der Waals surface area contributed by atoms with Gasteiger partial charge in [-0.05, 0) is 24.6 Å². The normalized spacial score (nSPS) is 9.95. The maximum atomic E-state index is 11.6. The van der Waals surface area contributed by atoms with Crippen LogP contribution in [0, 0.1) is 6.92 Å². The maximum absolute atomic E-state index is 11.6. The molecule has 4 heteroatoms. The Morgan fingerprint density at radius 2 is 1.79 bits per heavy atom. The lowest BCUT2D eigenvalue weighted by atomic mass is 10.1. The van der Waals surface area contributed by atoms with E-state index in [4.69, 9.17) is 0 Å². The number of urea groups is 1. The van der Waals surface area contributed by atoms with Crippen LogP contribution in [0.3, 0.4) is 0 Å². The molecule has 0 fully saturated rings. The van der Waals surface area contributed by atoms with Crippen LogP contribution in [0.1, 0.15) is 16.8 Å². The molecule has 2 N–H and O–H groups in total. The van der Waals surface area contributed by atoms with Gasteiger partial charge in [-0.1, -0.05) is 35.9 Å². The van der Waals surface area contributed by atoms with Crippen LogP contribution < -0.4 is 10.6 Å². The average Bonchev–Trinajstić information content (AvgIpc) is 2.45. The summed E-state index contributed by atoms with van der Waals surface area (Å²) >= 11 is 0. The third-order valence-corrected chi connectivity index (χ3v) is 2.73. The molecule has 1 aromatic carbocycles. The van der Waals surface area contributed by atoms with Gasteiger partial charge in [0.25, 0.3) is 0 Å². The van der Waals surface area contributed by atoms with Gasteiger partial charge in [-0.3, -0.25) is 4.98 Å². The number of hydrogen-bond acceptors (Lipinski definition) is 2. The summed E-state index contributed by atoms with van der Waals surface area (Å²) in [6, 6.07) is 13.5. The fourth-order valence-electron chi connectivity index (χ4n) is 1.62. The monoisotopic (exact) mass is 255 g/mol. The Labute approximate surface area is 112 Å². The van der Waals surface area contributed by atoms with Gasteiger partial charge < -0.3 is 10.6 Å². The number of benzene rings is 1. The summed E-state index contributed by atoms with van der Waals surface area (Å²) < 4.78 is 0. The predicted molar refractivity (Wildman–Crippen MR) is 74.5 cm³/mol. The van der Waals surface area contributed by atoms with Gasteiger partial charge in [-0.2, -0.15) is 0 Å². The summed E-state index contributed by atoms with van der Waals surface area (Å²) in [5, 5.41) is 5.58. The van der Waals surface area contributed by atoms with Gasteiger partial charge in [0, 0.05) is 12.7 Å². The SMILES string of the molecule is Cc1ccc(CNC(=O)NCc2ccccn2)cc1. The van der Waals surface area contributed by atoms with Crippen LogP contribution in [-0.4, -0.2) is 11.0 Å². The van der Waals surface area contributed by atoms with Crippen molar-refractivity contribution in [2.24, 2.45) is 0 Å². The molecule has 2 rings (SSSR count). The molecular formula is C15H17N3O. The van der Waals surface area contributed by atoms with E-state index in [-0.39, 0.29) is 6.03 Å². The molecule has 0 aliphatic heterocycles. The van der Waals surface area contributed by atoms with E-state index < -0.39 is 0 Å². The van der Waals surface area contributed by atoms with Gasteiger partial charge >= 0.3 is 6.03 Å². The standard InChI is InChI=1S/C15H17N3O/c1-12-5-7-13(8-6-12)10-17-15(19)18-11-14-4-2-3-9-16-14/h2-9H,10-11H2,1H3,(H2,17,18,19). The van der Waals surface area contributed by atoms with Crippen LogP contribution in [-0.2, 0) is 13.1 Å². The Morgan fingerprint density at radius 3 is 2.47 bits per heavy atom. The second-order valence-electron chi connectivity index (χ2n) is 4.34. The molecule has 0 aliphatic carbocycles. The van der Waals surface area contributed by atoms with E-state index in [0.717, 1.165) is 11.3 Å². The zero-order valence-corrected chi connectivity index (χ0v) is 10.9. The minimum Gasteiger partial charge on any atom is -0.334 e. The quantitative estimate of drug-likeness (QED) is 0.881. The van der Waals surface area contributed by atoms with E-state index in [9.17, 15) is 4.79 Å². The third-order valence-electron chi connectivity index (χ3n) is 2.73. The van der Waals surface area contributed by atoms with Crippen LogP contribution in [0.25, 0.3) is 0 Å². The fraction of sp³-hybridized carbons (Fsp3) is 0.200. The molecule has 2 amide bonds. The van der Waals surface area contributed by atoms with Gasteiger partial charge in [0.1, 0.15) is 0 Å². The number of aryl methyl sites for hydroxylation is 1. The minimum atomic E-state index is -0.189. The van der Waals surface area contributed by atoms with Gasteiger partial charge in [-0.15, -0.1) is 0 Å². The predicted octanol–water partition coefficient (Wildman–Crippen LogP) is 2.39. The number of rotatable bonds is 4. The zero-order chi connectivity index (χ0) is 13.5. The molecule has 4 nitrogen and oxygen atoms in total. The van der Waals surface area contributed by atoms with Crippen molar-refractivity contribution in [2.75, 3.05) is 0 Å². The summed E-state index contributed by atoms with van der Waals surface area (Å²) in [7, 11) is 0. The highest BCUT2D eigenvalue weighted by Gasteiger charge is 2.00. The first-order valence-electron chi connectivity index (χ1n) is 6.21. The third kappa shape index (κ3) is 4.43. The molecule has 0 saturated carbocycles. The molecule has 0 saturated heterocycles. The smallest absolute Gasteiger partial charge is 0.315 e. The van der Waals surface area contributed by atoms with Gasteiger partial charge in [0.15, 0.2) is 0 Å². The Kier molecular flexibility index (Phi) is 4.50. The second kappa shape index (κ2) is 6.54. The number of nitrogens with zero attached hydrogens (tertiary/aromatic N) is 1. The second-order valence-corrected chi connectivity index (χ2v) is 4.34. The van der Waals surface area contributed by atoms with Gasteiger partial charge in [0.05, 0.1) is 12.2 Å². The van der Waals surface area contributed by atoms with Crippen LogP contribution in [0.5, 0.6) is 0 Å². The van der Waals surface area contributed by atoms with Crippen molar-refractivity contribution in [3.63, 3.8) is 0 Å². The number of pyridine rings is 1. The zero-order valence-electron chi connectivity index (χ0n) is 10.9. The largest absolute Gasteiger partial charge is 0.334 e. The molecule has 0 unspecified atom stereocenters. The number of carbonyl (C=O) groups excluding carboxylic acids is 1. The lowest BCUT2D eigenvalue weighted by Crippen LogP contribution is -2.34. The van der Waals surface area contributed by atoms with Crippen molar-refractivity contribution in [3.05, 3.63) is 65.5 Å². The van der Waals surface area contributed by atoms with E-state index in [2.05, 4.69) is 15.6 Å². The number of aromatic nitrogens is 1.